The zero-order chi connectivity index (χ0) is 15.2. The number of carboxylic acids is 1. The number of hydrogen-bond donors (Lipinski definition) is 3. The van der Waals surface area contributed by atoms with Gasteiger partial charge in [-0.1, -0.05) is 30.3 Å². The quantitative estimate of drug-likeness (QED) is 0.745. The molecule has 1 saturated heterocycles. The Balaban J connectivity index is 1.87. The van der Waals surface area contributed by atoms with Gasteiger partial charge in [0.25, 0.3) is 0 Å². The third-order valence-electron chi connectivity index (χ3n) is 3.61. The molecule has 1 aliphatic rings. The first kappa shape index (κ1) is 15.3. The molecule has 3 N–H and O–H groups in total. The summed E-state index contributed by atoms with van der Waals surface area (Å²) < 4.78 is 0. The third kappa shape index (κ3) is 4.75. The number of amides is 2. The molecule has 1 heterocycles. The standard InChI is InChI=1S/C15H21N3O3/c1-18-8-7-12(10-18)16-15(21)17-13(14(19)20)9-11-5-3-2-4-6-11/h2-6,12-13H,7-10H2,1H3,(H,19,20)(H2,16,17,21)/t12?,13-/m1/s1. The Kier molecular flexibility index (Phi) is 5.16. The molecule has 2 atom stereocenters. The number of carboxylic acid groups (broad SMARTS) is 1. The zero-order valence-corrected chi connectivity index (χ0v) is 12.1. The van der Waals surface area contributed by atoms with Gasteiger partial charge in [0, 0.05) is 19.0 Å². The molecule has 2 amide bonds. The molecule has 0 aliphatic carbocycles. The minimum absolute atomic E-state index is 0.0844. The fourth-order valence-electron chi connectivity index (χ4n) is 2.49. The molecule has 1 aromatic rings. The molecule has 0 saturated carbocycles. The van der Waals surface area contributed by atoms with Crippen molar-refractivity contribution in [1.29, 1.82) is 0 Å². The highest BCUT2D eigenvalue weighted by atomic mass is 16.4. The van der Waals surface area contributed by atoms with Gasteiger partial charge in [0.15, 0.2) is 0 Å². The fraction of sp³-hybridized carbons (Fsp3) is 0.467. The summed E-state index contributed by atoms with van der Waals surface area (Å²) in [5.41, 5.74) is 0.880. The lowest BCUT2D eigenvalue weighted by Crippen LogP contribution is -2.50. The van der Waals surface area contributed by atoms with Crippen molar-refractivity contribution < 1.29 is 14.7 Å². The van der Waals surface area contributed by atoms with E-state index in [1.165, 1.54) is 0 Å². The van der Waals surface area contributed by atoms with E-state index in [2.05, 4.69) is 15.5 Å². The molecule has 6 heteroatoms. The second kappa shape index (κ2) is 7.08. The van der Waals surface area contributed by atoms with Crippen molar-refractivity contribution in [3.63, 3.8) is 0 Å². The number of aliphatic carboxylic acids is 1. The number of rotatable bonds is 5. The van der Waals surface area contributed by atoms with Gasteiger partial charge in [-0.25, -0.2) is 9.59 Å². The van der Waals surface area contributed by atoms with Gasteiger partial charge in [0.1, 0.15) is 6.04 Å². The lowest BCUT2D eigenvalue weighted by Gasteiger charge is -2.18. The summed E-state index contributed by atoms with van der Waals surface area (Å²) >= 11 is 0. The first-order chi connectivity index (χ1) is 10.0. The topological polar surface area (TPSA) is 81.7 Å². The molecule has 114 valence electrons. The van der Waals surface area contributed by atoms with E-state index in [1.54, 1.807) is 0 Å². The highest BCUT2D eigenvalue weighted by Crippen LogP contribution is 2.06. The van der Waals surface area contributed by atoms with Crippen LogP contribution < -0.4 is 10.6 Å². The SMILES string of the molecule is CN1CCC(NC(=O)N[C@H](Cc2ccccc2)C(=O)O)C1. The Morgan fingerprint density at radius 1 is 1.38 bits per heavy atom. The summed E-state index contributed by atoms with van der Waals surface area (Å²) in [5.74, 6) is -1.03. The van der Waals surface area contributed by atoms with Gasteiger partial charge < -0.3 is 20.6 Å². The molecule has 0 bridgehead atoms. The average molecular weight is 291 g/mol. The predicted octanol–water partition coefficient (Wildman–Crippen LogP) is 0.686. The molecular weight excluding hydrogens is 270 g/mol. The number of benzene rings is 1. The van der Waals surface area contributed by atoms with E-state index in [9.17, 15) is 14.7 Å². The van der Waals surface area contributed by atoms with Gasteiger partial charge >= 0.3 is 12.0 Å². The molecule has 21 heavy (non-hydrogen) atoms. The number of carbonyl (C=O) groups is 2. The van der Waals surface area contributed by atoms with E-state index in [0.29, 0.717) is 0 Å². The second-order valence-electron chi connectivity index (χ2n) is 5.45. The van der Waals surface area contributed by atoms with Crippen molar-refractivity contribution >= 4 is 12.0 Å². The average Bonchev–Trinajstić information content (AvgIpc) is 2.84. The number of hydrogen-bond acceptors (Lipinski definition) is 3. The van der Waals surface area contributed by atoms with Gasteiger partial charge in [0.2, 0.25) is 0 Å². The molecule has 1 aromatic carbocycles. The highest BCUT2D eigenvalue weighted by molar-refractivity contribution is 5.82. The Bertz CT molecular complexity index is 492. The summed E-state index contributed by atoms with van der Waals surface area (Å²) in [6.07, 6.45) is 1.16. The van der Waals surface area contributed by atoms with Crippen LogP contribution in [0.4, 0.5) is 4.79 Å². The van der Waals surface area contributed by atoms with E-state index in [4.69, 9.17) is 0 Å². The van der Waals surface area contributed by atoms with Crippen LogP contribution in [0.25, 0.3) is 0 Å². The van der Waals surface area contributed by atoms with Gasteiger partial charge in [-0.05, 0) is 25.6 Å². The number of nitrogens with one attached hydrogen (secondary N) is 2. The monoisotopic (exact) mass is 291 g/mol. The van der Waals surface area contributed by atoms with Crippen LogP contribution in [0.3, 0.4) is 0 Å². The molecule has 1 fully saturated rings. The summed E-state index contributed by atoms with van der Waals surface area (Å²) in [4.78, 5) is 25.3. The Labute approximate surface area is 124 Å². The number of likely N-dealkylation sites (N-methyl/N-ethyl adjacent to an activating group) is 1. The van der Waals surface area contributed by atoms with E-state index >= 15 is 0 Å². The van der Waals surface area contributed by atoms with Crippen molar-refractivity contribution in [1.82, 2.24) is 15.5 Å². The molecule has 1 unspecified atom stereocenters. The largest absolute Gasteiger partial charge is 0.480 e. The zero-order valence-electron chi connectivity index (χ0n) is 12.1. The van der Waals surface area contributed by atoms with Crippen LogP contribution in [0, 0.1) is 0 Å². The minimum atomic E-state index is -1.03. The maximum atomic E-state index is 11.9. The van der Waals surface area contributed by atoms with Crippen LogP contribution in [-0.4, -0.2) is 54.2 Å². The van der Waals surface area contributed by atoms with Crippen LogP contribution in [0.5, 0.6) is 0 Å². The summed E-state index contributed by atoms with van der Waals surface area (Å²) in [5, 5.41) is 14.6. The van der Waals surface area contributed by atoms with Crippen LogP contribution >= 0.6 is 0 Å². The van der Waals surface area contributed by atoms with Crippen molar-refractivity contribution in [2.75, 3.05) is 20.1 Å². The third-order valence-corrected chi connectivity index (χ3v) is 3.61. The summed E-state index contributed by atoms with van der Waals surface area (Å²) in [7, 11) is 2.00. The van der Waals surface area contributed by atoms with E-state index in [1.807, 2.05) is 37.4 Å². The van der Waals surface area contributed by atoms with Gasteiger partial charge in [0.05, 0.1) is 0 Å². The lowest BCUT2D eigenvalue weighted by atomic mass is 10.1. The maximum Gasteiger partial charge on any atom is 0.326 e. The maximum absolute atomic E-state index is 11.9. The Morgan fingerprint density at radius 2 is 2.10 bits per heavy atom. The Morgan fingerprint density at radius 3 is 2.67 bits per heavy atom. The van der Waals surface area contributed by atoms with E-state index < -0.39 is 18.0 Å². The van der Waals surface area contributed by atoms with Crippen molar-refractivity contribution in [2.24, 2.45) is 0 Å². The fourth-order valence-corrected chi connectivity index (χ4v) is 2.49. The highest BCUT2D eigenvalue weighted by Gasteiger charge is 2.24. The van der Waals surface area contributed by atoms with Crippen LogP contribution in [0.2, 0.25) is 0 Å². The second-order valence-corrected chi connectivity index (χ2v) is 5.45. The van der Waals surface area contributed by atoms with Gasteiger partial charge in [-0.15, -0.1) is 0 Å². The number of nitrogens with zero attached hydrogens (tertiary/aromatic N) is 1. The van der Waals surface area contributed by atoms with Crippen LogP contribution in [0.1, 0.15) is 12.0 Å². The Hall–Kier alpha value is -2.08. The number of urea groups is 1. The molecule has 0 spiro atoms. The van der Waals surface area contributed by atoms with Crippen molar-refractivity contribution in [2.45, 2.75) is 24.9 Å². The molecular formula is C15H21N3O3. The van der Waals surface area contributed by atoms with Crippen LogP contribution in [0.15, 0.2) is 30.3 Å². The van der Waals surface area contributed by atoms with Crippen molar-refractivity contribution in [3.05, 3.63) is 35.9 Å². The van der Waals surface area contributed by atoms with Gasteiger partial charge in [-0.2, -0.15) is 0 Å². The molecule has 6 nitrogen and oxygen atoms in total. The van der Waals surface area contributed by atoms with E-state index in [-0.39, 0.29) is 12.5 Å². The molecule has 1 aliphatic heterocycles. The minimum Gasteiger partial charge on any atom is -0.480 e. The number of likely N-dealkylation sites (tertiary alicyclic amines) is 1. The van der Waals surface area contributed by atoms with Gasteiger partial charge in [-0.3, -0.25) is 0 Å². The van der Waals surface area contributed by atoms with Crippen molar-refractivity contribution in [3.8, 4) is 0 Å². The number of carbonyl (C=O) groups excluding carboxylic acids is 1. The first-order valence-corrected chi connectivity index (χ1v) is 7.07. The van der Waals surface area contributed by atoms with Crippen LogP contribution in [-0.2, 0) is 11.2 Å². The predicted molar refractivity (Wildman–Crippen MR) is 79.1 cm³/mol. The first-order valence-electron chi connectivity index (χ1n) is 7.07. The molecule has 0 aromatic heterocycles. The smallest absolute Gasteiger partial charge is 0.326 e. The summed E-state index contributed by atoms with van der Waals surface area (Å²) in [6.45, 7) is 1.74. The molecule has 2 rings (SSSR count). The molecule has 0 radical (unpaired) electrons. The lowest BCUT2D eigenvalue weighted by molar-refractivity contribution is -0.139. The summed E-state index contributed by atoms with van der Waals surface area (Å²) in [6, 6.07) is 8.01. The van der Waals surface area contributed by atoms with E-state index in [0.717, 1.165) is 25.1 Å². The normalized spacial score (nSPS) is 20.0.